The molecule has 0 radical (unpaired) electrons. The van der Waals surface area contributed by atoms with Crippen LogP contribution >= 0.6 is 0 Å². The molecule has 0 aromatic heterocycles. The van der Waals surface area contributed by atoms with Crippen molar-refractivity contribution in [3.8, 4) is 5.75 Å². The van der Waals surface area contributed by atoms with E-state index < -0.39 is 17.7 Å². The highest BCUT2D eigenvalue weighted by molar-refractivity contribution is 5.67. The lowest BCUT2D eigenvalue weighted by Gasteiger charge is -2.05. The van der Waals surface area contributed by atoms with Gasteiger partial charge in [-0.3, -0.25) is 0 Å². The predicted molar refractivity (Wildman–Crippen MR) is 81.7 cm³/mol. The summed E-state index contributed by atoms with van der Waals surface area (Å²) in [5, 5.41) is 11.7. The highest BCUT2D eigenvalue weighted by Crippen LogP contribution is 2.19. The molecule has 0 spiro atoms. The van der Waals surface area contributed by atoms with Crippen LogP contribution in [-0.2, 0) is 11.3 Å². The fourth-order valence-corrected chi connectivity index (χ4v) is 1.77. The van der Waals surface area contributed by atoms with Crippen molar-refractivity contribution in [3.63, 3.8) is 0 Å². The molecule has 0 unspecified atom stereocenters. The van der Waals surface area contributed by atoms with Crippen LogP contribution in [0.2, 0.25) is 0 Å². The summed E-state index contributed by atoms with van der Waals surface area (Å²) >= 11 is 0. The third-order valence-electron chi connectivity index (χ3n) is 2.88. The number of rotatable bonds is 5. The third kappa shape index (κ3) is 4.63. The van der Waals surface area contributed by atoms with Crippen LogP contribution < -0.4 is 5.32 Å². The summed E-state index contributed by atoms with van der Waals surface area (Å²) in [6, 6.07) is 13.7. The molecule has 2 aromatic carbocycles. The van der Waals surface area contributed by atoms with Crippen LogP contribution in [0, 0.1) is 5.82 Å². The van der Waals surface area contributed by atoms with Crippen molar-refractivity contribution in [1.29, 1.82) is 0 Å². The highest BCUT2D eigenvalue weighted by Gasteiger charge is 2.03. The van der Waals surface area contributed by atoms with Crippen LogP contribution in [0.4, 0.5) is 9.18 Å². The maximum atomic E-state index is 13.5. The number of halogens is 1. The zero-order chi connectivity index (χ0) is 15.8. The lowest BCUT2D eigenvalue weighted by molar-refractivity contribution is 0.141. The lowest BCUT2D eigenvalue weighted by atomic mass is 10.2. The second-order valence-electron chi connectivity index (χ2n) is 4.53. The first-order valence-corrected chi connectivity index (χ1v) is 6.75. The van der Waals surface area contributed by atoms with Crippen molar-refractivity contribution in [2.45, 2.75) is 6.61 Å². The molecule has 0 atom stereocenters. The fourth-order valence-electron chi connectivity index (χ4n) is 1.77. The zero-order valence-corrected chi connectivity index (χ0v) is 11.8. The van der Waals surface area contributed by atoms with Gasteiger partial charge in [-0.25, -0.2) is 9.18 Å². The van der Waals surface area contributed by atoms with Crippen LogP contribution in [0.5, 0.6) is 5.75 Å². The van der Waals surface area contributed by atoms with Gasteiger partial charge in [0.2, 0.25) is 0 Å². The minimum atomic E-state index is -0.689. The Kier molecular flexibility index (Phi) is 5.54. The number of hydrogen-bond donors (Lipinski definition) is 2. The van der Waals surface area contributed by atoms with Gasteiger partial charge in [0.25, 0.3) is 0 Å². The van der Waals surface area contributed by atoms with Gasteiger partial charge in [-0.15, -0.1) is 0 Å². The topological polar surface area (TPSA) is 58.6 Å². The molecule has 2 rings (SSSR count). The Balaban J connectivity index is 1.75. The van der Waals surface area contributed by atoms with Gasteiger partial charge >= 0.3 is 6.09 Å². The van der Waals surface area contributed by atoms with Crippen LogP contribution in [0.3, 0.4) is 0 Å². The van der Waals surface area contributed by atoms with Crippen molar-refractivity contribution in [1.82, 2.24) is 5.32 Å². The van der Waals surface area contributed by atoms with E-state index in [1.54, 1.807) is 12.1 Å². The first-order valence-electron chi connectivity index (χ1n) is 6.75. The summed E-state index contributed by atoms with van der Waals surface area (Å²) < 4.78 is 18.5. The average molecular weight is 301 g/mol. The van der Waals surface area contributed by atoms with Crippen LogP contribution in [-0.4, -0.2) is 17.7 Å². The van der Waals surface area contributed by atoms with E-state index in [0.29, 0.717) is 0 Å². The molecule has 0 saturated carbocycles. The number of amides is 1. The van der Waals surface area contributed by atoms with Gasteiger partial charge in [-0.1, -0.05) is 54.6 Å². The van der Waals surface area contributed by atoms with E-state index in [9.17, 15) is 14.3 Å². The molecule has 2 aromatic rings. The Morgan fingerprint density at radius 1 is 1.18 bits per heavy atom. The maximum absolute atomic E-state index is 13.5. The molecule has 0 aliphatic carbocycles. The van der Waals surface area contributed by atoms with Gasteiger partial charge in [0.1, 0.15) is 6.61 Å². The molecule has 22 heavy (non-hydrogen) atoms. The van der Waals surface area contributed by atoms with Crippen molar-refractivity contribution in [3.05, 3.63) is 71.6 Å². The number of nitrogens with one attached hydrogen (secondary N) is 1. The van der Waals surface area contributed by atoms with Crippen molar-refractivity contribution in [2.24, 2.45) is 0 Å². The largest absolute Gasteiger partial charge is 0.505 e. The van der Waals surface area contributed by atoms with Gasteiger partial charge in [-0.2, -0.15) is 0 Å². The van der Waals surface area contributed by atoms with Gasteiger partial charge in [-0.05, 0) is 11.6 Å². The first-order chi connectivity index (χ1) is 10.7. The molecule has 0 aliphatic rings. The van der Waals surface area contributed by atoms with E-state index in [-0.39, 0.29) is 18.7 Å². The highest BCUT2D eigenvalue weighted by atomic mass is 19.1. The van der Waals surface area contributed by atoms with Gasteiger partial charge in [0, 0.05) is 12.1 Å². The normalized spacial score (nSPS) is 10.6. The Bertz CT molecular complexity index is 656. The van der Waals surface area contributed by atoms with Crippen molar-refractivity contribution in [2.75, 3.05) is 6.54 Å². The van der Waals surface area contributed by atoms with Gasteiger partial charge in [0.15, 0.2) is 11.6 Å². The summed E-state index contributed by atoms with van der Waals surface area (Å²) in [7, 11) is 0. The second-order valence-corrected chi connectivity index (χ2v) is 4.53. The standard InChI is InChI=1S/C17H16FNO3/c18-16-14(8-4-10-15(16)20)9-5-11-19-17(21)22-12-13-6-2-1-3-7-13/h1-10,20H,11-12H2,(H,19,21). The third-order valence-corrected chi connectivity index (χ3v) is 2.88. The van der Waals surface area contributed by atoms with E-state index in [0.717, 1.165) is 5.56 Å². The molecule has 0 fully saturated rings. The molecule has 1 amide bonds. The number of benzene rings is 2. The van der Waals surface area contributed by atoms with Crippen molar-refractivity contribution < 1.29 is 19.0 Å². The molecular formula is C17H16FNO3. The number of carbonyl (C=O) groups excluding carboxylic acids is 1. The van der Waals surface area contributed by atoms with E-state index >= 15 is 0 Å². The van der Waals surface area contributed by atoms with E-state index in [1.165, 1.54) is 18.2 Å². The fraction of sp³-hybridized carbons (Fsp3) is 0.118. The number of hydrogen-bond acceptors (Lipinski definition) is 3. The van der Waals surface area contributed by atoms with Crippen LogP contribution in [0.1, 0.15) is 11.1 Å². The number of carbonyl (C=O) groups is 1. The van der Waals surface area contributed by atoms with Crippen LogP contribution in [0.25, 0.3) is 6.08 Å². The molecule has 0 aliphatic heterocycles. The van der Waals surface area contributed by atoms with E-state index in [1.807, 2.05) is 30.3 Å². The summed E-state index contributed by atoms with van der Waals surface area (Å²) in [6.07, 6.45) is 2.50. The SMILES string of the molecule is O=C(NCC=Cc1cccc(O)c1F)OCc1ccccc1. The lowest BCUT2D eigenvalue weighted by Crippen LogP contribution is -2.24. The first kappa shape index (κ1) is 15.6. The van der Waals surface area contributed by atoms with E-state index in [2.05, 4.69) is 5.32 Å². The molecule has 0 saturated heterocycles. The van der Waals surface area contributed by atoms with E-state index in [4.69, 9.17) is 4.74 Å². The van der Waals surface area contributed by atoms with Crippen molar-refractivity contribution >= 4 is 12.2 Å². The quantitative estimate of drug-likeness (QED) is 0.889. The Morgan fingerprint density at radius 3 is 2.73 bits per heavy atom. The number of ether oxygens (including phenoxy) is 1. The molecule has 0 heterocycles. The minimum Gasteiger partial charge on any atom is -0.505 e. The summed E-state index contributed by atoms with van der Waals surface area (Å²) in [5.74, 6) is -1.09. The number of phenolic OH excluding ortho intramolecular Hbond substituents is 1. The molecular weight excluding hydrogens is 285 g/mol. The Hall–Kier alpha value is -2.82. The monoisotopic (exact) mass is 301 g/mol. The average Bonchev–Trinajstić information content (AvgIpc) is 2.54. The Labute approximate surface area is 127 Å². The van der Waals surface area contributed by atoms with Gasteiger partial charge < -0.3 is 15.2 Å². The molecule has 2 N–H and O–H groups in total. The molecule has 0 bridgehead atoms. The molecule has 5 heteroatoms. The zero-order valence-electron chi connectivity index (χ0n) is 11.8. The number of alkyl carbamates (subject to hydrolysis) is 1. The summed E-state index contributed by atoms with van der Waals surface area (Å²) in [5.41, 5.74) is 1.15. The Morgan fingerprint density at radius 2 is 1.95 bits per heavy atom. The second kappa shape index (κ2) is 7.83. The summed E-state index contributed by atoms with van der Waals surface area (Å²) in [6.45, 7) is 0.389. The maximum Gasteiger partial charge on any atom is 0.407 e. The predicted octanol–water partition coefficient (Wildman–Crippen LogP) is 3.47. The van der Waals surface area contributed by atoms with Gasteiger partial charge in [0.05, 0.1) is 0 Å². The number of aromatic hydroxyl groups is 1. The number of phenols is 1. The minimum absolute atomic E-state index is 0.192. The summed E-state index contributed by atoms with van der Waals surface area (Å²) in [4.78, 5) is 11.5. The molecule has 114 valence electrons. The molecule has 4 nitrogen and oxygen atoms in total. The smallest absolute Gasteiger partial charge is 0.407 e. The van der Waals surface area contributed by atoms with Crippen LogP contribution in [0.15, 0.2) is 54.6 Å².